The van der Waals surface area contributed by atoms with Gasteiger partial charge in [0.1, 0.15) is 17.6 Å². The summed E-state index contributed by atoms with van der Waals surface area (Å²) in [4.78, 5) is 46.5. The van der Waals surface area contributed by atoms with Crippen LogP contribution in [-0.2, 0) is 32.4 Å². The molecule has 53 heavy (non-hydrogen) atoms. The lowest BCUT2D eigenvalue weighted by atomic mass is 9.43. The lowest BCUT2D eigenvalue weighted by molar-refractivity contribution is -0.199. The molecule has 3 saturated carbocycles. The second-order valence-corrected chi connectivity index (χ2v) is 16.0. The highest BCUT2D eigenvalue weighted by Crippen LogP contribution is 2.65. The number of halogens is 3. The van der Waals surface area contributed by atoms with Crippen LogP contribution in [0, 0.1) is 24.2 Å². The Balaban J connectivity index is 1.15. The molecule has 2 aromatic carbocycles. The van der Waals surface area contributed by atoms with Crippen LogP contribution >= 0.6 is 0 Å². The van der Waals surface area contributed by atoms with E-state index in [9.17, 15) is 27.6 Å². The monoisotopic (exact) mass is 734 g/mol. The minimum absolute atomic E-state index is 0.000442. The van der Waals surface area contributed by atoms with E-state index in [4.69, 9.17) is 9.31 Å². The third-order valence-electron chi connectivity index (χ3n) is 12.3. The first-order valence-corrected chi connectivity index (χ1v) is 18.2. The van der Waals surface area contributed by atoms with Gasteiger partial charge in [0.25, 0.3) is 5.56 Å². The summed E-state index contributed by atoms with van der Waals surface area (Å²) >= 11 is 0. The highest BCUT2D eigenvalue weighted by Gasteiger charge is 2.68. The fourth-order valence-corrected chi connectivity index (χ4v) is 9.06. The van der Waals surface area contributed by atoms with Gasteiger partial charge in [0.2, 0.25) is 5.91 Å². The lowest BCUT2D eigenvalue weighted by Gasteiger charge is -2.64. The van der Waals surface area contributed by atoms with E-state index in [1.807, 2.05) is 26.0 Å². The molecule has 11 nitrogen and oxygen atoms in total. The average molecular weight is 735 g/mol. The summed E-state index contributed by atoms with van der Waals surface area (Å²) in [7, 11) is -0.685. The molecule has 0 unspecified atom stereocenters. The Morgan fingerprint density at radius 3 is 2.53 bits per heavy atom. The third kappa shape index (κ3) is 6.49. The Kier molecular flexibility index (Phi) is 9.20. The van der Waals surface area contributed by atoms with Crippen LogP contribution in [0.4, 0.5) is 29.3 Å². The molecule has 7 atom stereocenters. The molecular formula is C38H46BF3N6O5. The maximum atomic E-state index is 14.3. The molecule has 5 aliphatic rings. The summed E-state index contributed by atoms with van der Waals surface area (Å²) in [5.74, 6) is 0.0564. The van der Waals surface area contributed by atoms with Gasteiger partial charge in [-0.1, -0.05) is 51.1 Å². The SMILES string of the molecule is CC[C@H](NC(=O)[C@@H]1C[C@@](C)(NC(=O)Nc2ccccc2C)c2ncc(NCc3cccc(C(F)(F)F)c3)c(=O)n21)B1O[C@@H]2C[C@@H]3C[C@@H](C3(C)C)[C@]2(C)O1. The maximum Gasteiger partial charge on any atom is 0.481 e. The van der Waals surface area contributed by atoms with E-state index in [1.165, 1.54) is 22.9 Å². The predicted octanol–water partition coefficient (Wildman–Crippen LogP) is 6.33. The number of aryl methyl sites for hydroxylation is 1. The Morgan fingerprint density at radius 2 is 1.83 bits per heavy atom. The van der Waals surface area contributed by atoms with Crippen molar-refractivity contribution in [2.24, 2.45) is 17.3 Å². The van der Waals surface area contributed by atoms with E-state index in [0.29, 0.717) is 29.5 Å². The number of hydrogen-bond acceptors (Lipinski definition) is 7. The number of para-hydroxylation sites is 1. The van der Waals surface area contributed by atoms with E-state index in [0.717, 1.165) is 30.5 Å². The van der Waals surface area contributed by atoms with Gasteiger partial charge in [0, 0.05) is 18.7 Å². The number of hydrogen-bond donors (Lipinski definition) is 4. The first kappa shape index (κ1) is 37.0. The average Bonchev–Trinajstić information content (AvgIpc) is 3.61. The van der Waals surface area contributed by atoms with Crippen molar-refractivity contribution in [2.75, 3.05) is 10.6 Å². The van der Waals surface area contributed by atoms with Crippen molar-refractivity contribution >= 4 is 30.4 Å². The number of urea groups is 1. The zero-order valence-electron chi connectivity index (χ0n) is 30.8. The van der Waals surface area contributed by atoms with Gasteiger partial charge in [-0.3, -0.25) is 14.2 Å². The maximum absolute atomic E-state index is 14.3. The highest BCUT2D eigenvalue weighted by molar-refractivity contribution is 6.47. The summed E-state index contributed by atoms with van der Waals surface area (Å²) in [6.45, 7) is 12.1. The molecule has 15 heteroatoms. The summed E-state index contributed by atoms with van der Waals surface area (Å²) in [6.07, 6.45) is -0.850. The topological polar surface area (TPSA) is 136 Å². The number of aromatic nitrogens is 2. The minimum Gasteiger partial charge on any atom is -0.404 e. The Morgan fingerprint density at radius 1 is 1.08 bits per heavy atom. The van der Waals surface area contributed by atoms with E-state index in [1.54, 1.807) is 19.1 Å². The molecule has 3 aromatic rings. The Bertz CT molecular complexity index is 1990. The molecule has 4 fully saturated rings. The molecule has 1 saturated heterocycles. The van der Waals surface area contributed by atoms with Crippen molar-refractivity contribution in [2.45, 2.75) is 109 Å². The fourth-order valence-electron chi connectivity index (χ4n) is 9.06. The van der Waals surface area contributed by atoms with E-state index in [2.05, 4.69) is 47.0 Å². The van der Waals surface area contributed by atoms with Gasteiger partial charge in [-0.25, -0.2) is 9.78 Å². The number of amides is 3. The van der Waals surface area contributed by atoms with Crippen molar-refractivity contribution in [1.29, 1.82) is 0 Å². The number of carbonyl (C=O) groups is 2. The van der Waals surface area contributed by atoms with Crippen LogP contribution in [0.2, 0.25) is 0 Å². The highest BCUT2D eigenvalue weighted by atomic mass is 19.4. The zero-order chi connectivity index (χ0) is 38.1. The predicted molar refractivity (Wildman–Crippen MR) is 194 cm³/mol. The van der Waals surface area contributed by atoms with Crippen LogP contribution in [0.25, 0.3) is 0 Å². The quantitative estimate of drug-likeness (QED) is 0.189. The minimum atomic E-state index is -4.52. The molecule has 3 amide bonds. The molecule has 2 bridgehead atoms. The van der Waals surface area contributed by atoms with E-state index >= 15 is 0 Å². The summed E-state index contributed by atoms with van der Waals surface area (Å²) in [5.41, 5.74) is -1.27. The summed E-state index contributed by atoms with van der Waals surface area (Å²) in [6, 6.07) is 10.4. The second-order valence-electron chi connectivity index (χ2n) is 16.0. The molecule has 1 aromatic heterocycles. The van der Waals surface area contributed by atoms with Crippen LogP contribution in [0.5, 0.6) is 0 Å². The molecule has 0 radical (unpaired) electrons. The van der Waals surface area contributed by atoms with Gasteiger partial charge in [0.05, 0.1) is 34.9 Å². The molecular weight excluding hydrogens is 688 g/mol. The molecule has 3 aliphatic carbocycles. The largest absolute Gasteiger partial charge is 0.481 e. The van der Waals surface area contributed by atoms with Gasteiger partial charge in [-0.15, -0.1) is 0 Å². The fraction of sp³-hybridized carbons (Fsp3) is 0.526. The lowest BCUT2D eigenvalue weighted by Crippen LogP contribution is -2.65. The van der Waals surface area contributed by atoms with E-state index < -0.39 is 59.5 Å². The molecule has 4 N–H and O–H groups in total. The molecule has 3 heterocycles. The van der Waals surface area contributed by atoms with Crippen LogP contribution in [-0.4, -0.2) is 46.3 Å². The smallest absolute Gasteiger partial charge is 0.404 e. The number of nitrogens with zero attached hydrogens (tertiary/aromatic N) is 2. The number of nitrogens with one attached hydrogen (secondary N) is 4. The van der Waals surface area contributed by atoms with Gasteiger partial charge in [-0.05, 0) is 86.6 Å². The summed E-state index contributed by atoms with van der Waals surface area (Å²) in [5, 5.41) is 11.8. The number of carbonyl (C=O) groups excluding carboxylic acids is 2. The van der Waals surface area contributed by atoms with Gasteiger partial charge < -0.3 is 30.6 Å². The standard InChI is InChI=1S/C38H46BF3N6O5/c1-7-30(39-52-29-17-24-16-28(35(24,3)4)37(29,6)53-39)46-31(49)27-18-36(5,47-34(51)45-25-14-9-8-11-21(25)2)33-44-20-26(32(50)48(27)33)43-19-22-12-10-13-23(15-22)38(40,41)42/h8-15,20,24,27-30,43H,7,16-19H2,1-6H3,(H,46,49)(H2,45,47,51)/t24-,27-,28-,29+,30-,36+,37-/m0/s1. The van der Waals surface area contributed by atoms with Crippen molar-refractivity contribution in [1.82, 2.24) is 20.2 Å². The number of alkyl halides is 3. The van der Waals surface area contributed by atoms with Gasteiger partial charge in [-0.2, -0.15) is 13.2 Å². The zero-order valence-corrected chi connectivity index (χ0v) is 30.8. The van der Waals surface area contributed by atoms with Crippen molar-refractivity contribution in [3.05, 3.63) is 87.6 Å². The van der Waals surface area contributed by atoms with E-state index in [-0.39, 0.29) is 36.0 Å². The molecule has 0 spiro atoms. The molecule has 282 valence electrons. The molecule has 2 aliphatic heterocycles. The van der Waals surface area contributed by atoms with Gasteiger partial charge in [0.15, 0.2) is 0 Å². The Hall–Kier alpha value is -4.37. The second kappa shape index (κ2) is 13.2. The third-order valence-corrected chi connectivity index (χ3v) is 12.3. The van der Waals surface area contributed by atoms with Crippen molar-refractivity contribution in [3.63, 3.8) is 0 Å². The van der Waals surface area contributed by atoms with Crippen LogP contribution in [0.15, 0.2) is 59.5 Å². The number of benzene rings is 2. The number of anilines is 2. The first-order valence-electron chi connectivity index (χ1n) is 18.2. The first-order chi connectivity index (χ1) is 24.9. The van der Waals surface area contributed by atoms with Gasteiger partial charge >= 0.3 is 19.3 Å². The normalized spacial score (nSPS) is 28.7. The van der Waals surface area contributed by atoms with Crippen molar-refractivity contribution in [3.8, 4) is 0 Å². The number of fused-ring (bicyclic) bond motifs is 1. The van der Waals surface area contributed by atoms with Crippen LogP contribution in [0.3, 0.4) is 0 Å². The molecule has 8 rings (SSSR count). The summed E-state index contributed by atoms with van der Waals surface area (Å²) < 4.78 is 54.5. The van der Waals surface area contributed by atoms with Crippen molar-refractivity contribution < 1.29 is 32.1 Å². The Labute approximate surface area is 307 Å². The van der Waals surface area contributed by atoms with Crippen LogP contribution < -0.4 is 26.8 Å². The van der Waals surface area contributed by atoms with Crippen LogP contribution in [0.1, 0.15) is 88.9 Å². The number of rotatable bonds is 9.